The van der Waals surface area contributed by atoms with Crippen molar-refractivity contribution in [3.8, 4) is 0 Å². The number of rotatable bonds is 8. The molecule has 21 heavy (non-hydrogen) atoms. The minimum Gasteiger partial charge on any atom is -0.467 e. The molecule has 0 aliphatic carbocycles. The molecular weight excluding hydrogens is 286 g/mol. The van der Waals surface area contributed by atoms with Crippen LogP contribution in [0.5, 0.6) is 0 Å². The molecule has 0 aliphatic rings. The number of ether oxygens (including phenoxy) is 1. The summed E-state index contributed by atoms with van der Waals surface area (Å²) in [7, 11) is 3.18. The molecule has 0 aromatic heterocycles. The first-order chi connectivity index (χ1) is 9.97. The Hall–Kier alpha value is -1.04. The second kappa shape index (κ2) is 8.41. The summed E-state index contributed by atoms with van der Waals surface area (Å²) in [5.41, 5.74) is 0.0474. The van der Waals surface area contributed by atoms with E-state index in [4.69, 9.17) is 4.74 Å². The summed E-state index contributed by atoms with van der Waals surface area (Å²) in [5, 5.41) is 12.8. The Morgan fingerprint density at radius 2 is 2.00 bits per heavy atom. The van der Waals surface area contributed by atoms with Crippen LogP contribution >= 0.6 is 11.8 Å². The first-order valence-electron chi connectivity index (χ1n) is 7.10. The van der Waals surface area contributed by atoms with Crippen LogP contribution < -0.4 is 5.32 Å². The summed E-state index contributed by atoms with van der Waals surface area (Å²) in [4.78, 5) is 12.3. The van der Waals surface area contributed by atoms with E-state index in [9.17, 15) is 9.90 Å². The molecule has 0 saturated carbocycles. The van der Waals surface area contributed by atoms with Gasteiger partial charge in [-0.15, -0.1) is 0 Å². The lowest BCUT2D eigenvalue weighted by molar-refractivity contribution is -0.149. The van der Waals surface area contributed by atoms with Crippen molar-refractivity contribution < 1.29 is 14.6 Å². The van der Waals surface area contributed by atoms with Crippen molar-refractivity contribution in [3.63, 3.8) is 0 Å². The van der Waals surface area contributed by atoms with Gasteiger partial charge < -0.3 is 15.2 Å². The second-order valence-corrected chi connectivity index (χ2v) is 6.56. The molecule has 0 bridgehead atoms. The second-order valence-electron chi connectivity index (χ2n) is 5.08. The van der Waals surface area contributed by atoms with Crippen molar-refractivity contribution in [1.82, 2.24) is 5.32 Å². The van der Waals surface area contributed by atoms with Gasteiger partial charge in [-0.05, 0) is 31.7 Å². The van der Waals surface area contributed by atoms with Gasteiger partial charge in [0.15, 0.2) is 0 Å². The van der Waals surface area contributed by atoms with E-state index >= 15 is 0 Å². The number of thioether (sulfide) groups is 1. The standard InChI is InChI=1S/C16H25NO3S/c1-12(18)13(2)21-11-10-16(17-3,15(19)20-4)14-8-6-5-7-9-14/h5-9,12-13,17-18H,10-11H2,1-4H3. The summed E-state index contributed by atoms with van der Waals surface area (Å²) in [5.74, 6) is 0.457. The lowest BCUT2D eigenvalue weighted by Gasteiger charge is -2.31. The van der Waals surface area contributed by atoms with Crippen molar-refractivity contribution in [2.24, 2.45) is 0 Å². The molecule has 1 aromatic carbocycles. The largest absolute Gasteiger partial charge is 0.467 e. The number of nitrogens with one attached hydrogen (secondary N) is 1. The number of aliphatic hydroxyl groups is 1. The highest BCUT2D eigenvalue weighted by Crippen LogP contribution is 2.29. The van der Waals surface area contributed by atoms with E-state index in [1.54, 1.807) is 25.7 Å². The number of carbonyl (C=O) groups excluding carboxylic acids is 1. The molecule has 2 N–H and O–H groups in total. The number of hydrogen-bond donors (Lipinski definition) is 2. The fourth-order valence-corrected chi connectivity index (χ4v) is 3.24. The molecular formula is C16H25NO3S. The van der Waals surface area contributed by atoms with E-state index in [-0.39, 0.29) is 17.3 Å². The zero-order chi connectivity index (χ0) is 15.9. The van der Waals surface area contributed by atoms with Crippen LogP contribution in [0, 0.1) is 0 Å². The van der Waals surface area contributed by atoms with E-state index in [1.165, 1.54) is 7.11 Å². The average Bonchev–Trinajstić information content (AvgIpc) is 2.51. The number of aliphatic hydroxyl groups excluding tert-OH is 1. The fourth-order valence-electron chi connectivity index (χ4n) is 2.17. The maximum Gasteiger partial charge on any atom is 0.330 e. The summed E-state index contributed by atoms with van der Waals surface area (Å²) in [6.07, 6.45) is 0.232. The fraction of sp³-hybridized carbons (Fsp3) is 0.562. The van der Waals surface area contributed by atoms with Gasteiger partial charge >= 0.3 is 5.97 Å². The Balaban J connectivity index is 2.90. The summed E-state index contributed by atoms with van der Waals surface area (Å²) < 4.78 is 5.01. The summed E-state index contributed by atoms with van der Waals surface area (Å²) >= 11 is 1.65. The molecule has 1 rings (SSSR count). The van der Waals surface area contributed by atoms with Crippen molar-refractivity contribution in [2.45, 2.75) is 37.2 Å². The van der Waals surface area contributed by atoms with Gasteiger partial charge in [0, 0.05) is 5.25 Å². The van der Waals surface area contributed by atoms with Crippen LogP contribution in [-0.4, -0.2) is 42.3 Å². The quantitative estimate of drug-likeness (QED) is 0.721. The smallest absolute Gasteiger partial charge is 0.330 e. The third kappa shape index (κ3) is 4.46. The number of likely N-dealkylation sites (N-methyl/N-ethyl adjacent to an activating group) is 1. The SMILES string of the molecule is CNC(CCSC(C)C(C)O)(C(=O)OC)c1ccccc1. The Bertz CT molecular complexity index is 438. The first kappa shape index (κ1) is 18.0. The molecule has 0 aliphatic heterocycles. The van der Waals surface area contributed by atoms with Crippen LogP contribution in [0.2, 0.25) is 0 Å². The maximum absolute atomic E-state index is 12.3. The zero-order valence-corrected chi connectivity index (χ0v) is 13.9. The van der Waals surface area contributed by atoms with Gasteiger partial charge in [-0.1, -0.05) is 37.3 Å². The number of carbonyl (C=O) groups is 1. The number of benzene rings is 1. The normalized spacial score (nSPS) is 16.8. The molecule has 3 atom stereocenters. The van der Waals surface area contributed by atoms with Crippen molar-refractivity contribution >= 4 is 17.7 Å². The molecule has 1 aromatic rings. The minimum absolute atomic E-state index is 0.132. The van der Waals surface area contributed by atoms with Crippen molar-refractivity contribution in [3.05, 3.63) is 35.9 Å². The van der Waals surface area contributed by atoms with Crippen molar-refractivity contribution in [2.75, 3.05) is 19.9 Å². The third-order valence-electron chi connectivity index (χ3n) is 3.76. The Morgan fingerprint density at radius 3 is 2.48 bits per heavy atom. The van der Waals surface area contributed by atoms with E-state index in [1.807, 2.05) is 37.3 Å². The van der Waals surface area contributed by atoms with Gasteiger partial charge in [-0.2, -0.15) is 11.8 Å². The maximum atomic E-state index is 12.3. The van der Waals surface area contributed by atoms with Crippen LogP contribution in [0.1, 0.15) is 25.8 Å². The third-order valence-corrected chi connectivity index (χ3v) is 5.12. The van der Waals surface area contributed by atoms with E-state index < -0.39 is 5.54 Å². The van der Waals surface area contributed by atoms with Gasteiger partial charge in [0.1, 0.15) is 5.54 Å². The number of esters is 1. The van der Waals surface area contributed by atoms with Gasteiger partial charge in [0.25, 0.3) is 0 Å². The predicted molar refractivity (Wildman–Crippen MR) is 87.4 cm³/mol. The Morgan fingerprint density at radius 1 is 1.38 bits per heavy atom. The molecule has 0 spiro atoms. The van der Waals surface area contributed by atoms with E-state index in [0.29, 0.717) is 6.42 Å². The van der Waals surface area contributed by atoms with Gasteiger partial charge in [0.05, 0.1) is 13.2 Å². The van der Waals surface area contributed by atoms with Crippen LogP contribution in [-0.2, 0) is 15.1 Å². The molecule has 5 heteroatoms. The van der Waals surface area contributed by atoms with Gasteiger partial charge in [0.2, 0.25) is 0 Å². The molecule has 3 unspecified atom stereocenters. The molecule has 4 nitrogen and oxygen atoms in total. The Labute approximate surface area is 131 Å². The highest BCUT2D eigenvalue weighted by Gasteiger charge is 2.39. The monoisotopic (exact) mass is 311 g/mol. The average molecular weight is 311 g/mol. The van der Waals surface area contributed by atoms with E-state index in [0.717, 1.165) is 11.3 Å². The topological polar surface area (TPSA) is 58.6 Å². The van der Waals surface area contributed by atoms with Crippen LogP contribution in [0.15, 0.2) is 30.3 Å². The predicted octanol–water partition coefficient (Wildman–Crippen LogP) is 2.17. The van der Waals surface area contributed by atoms with E-state index in [2.05, 4.69) is 5.32 Å². The lowest BCUT2D eigenvalue weighted by atomic mass is 9.87. The molecule has 0 radical (unpaired) electrons. The molecule has 0 heterocycles. The van der Waals surface area contributed by atoms with Crippen molar-refractivity contribution in [1.29, 1.82) is 0 Å². The van der Waals surface area contributed by atoms with Crippen LogP contribution in [0.3, 0.4) is 0 Å². The molecule has 0 amide bonds. The van der Waals surface area contributed by atoms with Crippen LogP contribution in [0.25, 0.3) is 0 Å². The highest BCUT2D eigenvalue weighted by atomic mass is 32.2. The molecule has 0 saturated heterocycles. The van der Waals surface area contributed by atoms with Gasteiger partial charge in [-0.3, -0.25) is 0 Å². The summed E-state index contributed by atoms with van der Waals surface area (Å²) in [6, 6.07) is 9.60. The first-order valence-corrected chi connectivity index (χ1v) is 8.15. The lowest BCUT2D eigenvalue weighted by Crippen LogP contribution is -2.48. The van der Waals surface area contributed by atoms with Gasteiger partial charge in [-0.25, -0.2) is 4.79 Å². The molecule has 0 fully saturated rings. The molecule has 118 valence electrons. The minimum atomic E-state index is -0.846. The summed E-state index contributed by atoms with van der Waals surface area (Å²) in [6.45, 7) is 3.76. The zero-order valence-electron chi connectivity index (χ0n) is 13.1. The number of methoxy groups -OCH3 is 1. The number of hydrogen-bond acceptors (Lipinski definition) is 5. The highest BCUT2D eigenvalue weighted by molar-refractivity contribution is 7.99. The van der Waals surface area contributed by atoms with Crippen LogP contribution in [0.4, 0.5) is 0 Å². The Kier molecular flexibility index (Phi) is 7.22.